The van der Waals surface area contributed by atoms with E-state index in [0.717, 1.165) is 5.56 Å². The Morgan fingerprint density at radius 1 is 1.38 bits per heavy atom. The summed E-state index contributed by atoms with van der Waals surface area (Å²) in [6.45, 7) is 1.89. The number of carbonyl (C=O) groups excluding carboxylic acids is 1. The number of alkyl carbamates (subject to hydrolysis) is 1. The van der Waals surface area contributed by atoms with Crippen LogP contribution in [0.4, 0.5) is 4.79 Å². The molecule has 0 aliphatic carbocycles. The number of hydrogen-bond donors (Lipinski definition) is 3. The monoisotopic (exact) mass is 332 g/mol. The number of aromatic carboxylic acids is 1. The van der Waals surface area contributed by atoms with Gasteiger partial charge in [0.1, 0.15) is 12.4 Å². The van der Waals surface area contributed by atoms with Gasteiger partial charge in [-0.15, -0.1) is 0 Å². The first-order valence-electron chi connectivity index (χ1n) is 7.36. The molecule has 4 N–H and O–H groups in total. The number of nitrogens with one attached hydrogen (secondary N) is 1. The average molecular weight is 332 g/mol. The highest BCUT2D eigenvalue weighted by atomic mass is 16.5. The van der Waals surface area contributed by atoms with Gasteiger partial charge < -0.3 is 25.5 Å². The molecule has 8 nitrogen and oxygen atoms in total. The Morgan fingerprint density at radius 3 is 2.62 bits per heavy atom. The highest BCUT2D eigenvalue weighted by Crippen LogP contribution is 2.14. The number of ether oxygens (including phenoxy) is 1. The fraction of sp³-hybridized carbons (Fsp3) is 0.312. The van der Waals surface area contributed by atoms with Crippen LogP contribution >= 0.6 is 0 Å². The number of carboxylic acids is 1. The zero-order chi connectivity index (χ0) is 17.7. The number of aromatic nitrogens is 2. The first-order chi connectivity index (χ1) is 11.4. The van der Waals surface area contributed by atoms with Crippen LogP contribution in [0.5, 0.6) is 0 Å². The Kier molecular flexibility index (Phi) is 5.54. The summed E-state index contributed by atoms with van der Waals surface area (Å²) >= 11 is 0. The van der Waals surface area contributed by atoms with Crippen molar-refractivity contribution in [3.63, 3.8) is 0 Å². The van der Waals surface area contributed by atoms with E-state index in [1.54, 1.807) is 18.5 Å². The molecule has 0 radical (unpaired) electrons. The Morgan fingerprint density at radius 2 is 2.04 bits per heavy atom. The lowest BCUT2D eigenvalue weighted by atomic mass is 10.2. The van der Waals surface area contributed by atoms with E-state index >= 15 is 0 Å². The van der Waals surface area contributed by atoms with E-state index in [-0.39, 0.29) is 18.8 Å². The van der Waals surface area contributed by atoms with Gasteiger partial charge in [-0.1, -0.05) is 30.3 Å². The standard InChI is InChI=1S/C16H20N4O4/c1-10-13(15(21)22)19-14(20(10)2)12(17)8-18-16(23)24-9-11-6-4-3-5-7-11/h3-7,12H,8-9,17H2,1-2H3,(H,18,23)(H,21,22)/t12-/m0/s1. The van der Waals surface area contributed by atoms with E-state index < -0.39 is 18.1 Å². The van der Waals surface area contributed by atoms with Gasteiger partial charge in [0.15, 0.2) is 5.69 Å². The molecule has 1 atom stereocenters. The van der Waals surface area contributed by atoms with Crippen molar-refractivity contribution in [1.82, 2.24) is 14.9 Å². The first kappa shape index (κ1) is 17.5. The molecule has 1 heterocycles. The minimum Gasteiger partial charge on any atom is -0.476 e. The minimum atomic E-state index is -1.11. The second-order valence-electron chi connectivity index (χ2n) is 5.32. The molecular formula is C16H20N4O4. The quantitative estimate of drug-likeness (QED) is 0.734. The second-order valence-corrected chi connectivity index (χ2v) is 5.32. The molecule has 0 aliphatic rings. The lowest BCUT2D eigenvalue weighted by molar-refractivity contribution is 0.0689. The van der Waals surface area contributed by atoms with Crippen molar-refractivity contribution in [1.29, 1.82) is 0 Å². The fourth-order valence-corrected chi connectivity index (χ4v) is 2.19. The smallest absolute Gasteiger partial charge is 0.407 e. The molecule has 0 saturated carbocycles. The van der Waals surface area contributed by atoms with Crippen molar-refractivity contribution in [3.8, 4) is 0 Å². The largest absolute Gasteiger partial charge is 0.476 e. The van der Waals surface area contributed by atoms with E-state index in [4.69, 9.17) is 15.6 Å². The third kappa shape index (κ3) is 4.11. The van der Waals surface area contributed by atoms with Crippen molar-refractivity contribution in [2.45, 2.75) is 19.6 Å². The number of imidazole rings is 1. The molecule has 1 aromatic heterocycles. The van der Waals surface area contributed by atoms with E-state index in [0.29, 0.717) is 11.5 Å². The predicted molar refractivity (Wildman–Crippen MR) is 86.5 cm³/mol. The number of carboxylic acid groups (broad SMARTS) is 1. The maximum Gasteiger partial charge on any atom is 0.407 e. The molecular weight excluding hydrogens is 312 g/mol. The zero-order valence-electron chi connectivity index (χ0n) is 13.5. The minimum absolute atomic E-state index is 0.0467. The van der Waals surface area contributed by atoms with Gasteiger partial charge in [0.05, 0.1) is 6.04 Å². The van der Waals surface area contributed by atoms with Crippen LogP contribution in [0, 0.1) is 6.92 Å². The average Bonchev–Trinajstić information content (AvgIpc) is 2.87. The van der Waals surface area contributed by atoms with Crippen LogP contribution in [-0.2, 0) is 18.4 Å². The van der Waals surface area contributed by atoms with Gasteiger partial charge in [0, 0.05) is 19.3 Å². The topological polar surface area (TPSA) is 119 Å². The lowest BCUT2D eigenvalue weighted by Crippen LogP contribution is -2.33. The van der Waals surface area contributed by atoms with E-state index in [2.05, 4.69) is 10.3 Å². The summed E-state index contributed by atoms with van der Waals surface area (Å²) in [7, 11) is 1.68. The number of benzene rings is 1. The van der Waals surface area contributed by atoms with Gasteiger partial charge in [0.25, 0.3) is 0 Å². The van der Waals surface area contributed by atoms with E-state index in [1.807, 2.05) is 30.3 Å². The molecule has 2 rings (SSSR count). The van der Waals surface area contributed by atoms with Crippen molar-refractivity contribution in [3.05, 3.63) is 53.1 Å². The molecule has 0 spiro atoms. The molecule has 0 saturated heterocycles. The molecule has 1 amide bonds. The van der Waals surface area contributed by atoms with Crippen LogP contribution in [0.3, 0.4) is 0 Å². The normalized spacial score (nSPS) is 11.8. The Balaban J connectivity index is 1.88. The molecule has 8 heteroatoms. The van der Waals surface area contributed by atoms with Gasteiger partial charge >= 0.3 is 12.1 Å². The summed E-state index contributed by atoms with van der Waals surface area (Å²) < 4.78 is 6.69. The van der Waals surface area contributed by atoms with Crippen molar-refractivity contribution >= 4 is 12.1 Å². The summed E-state index contributed by atoms with van der Waals surface area (Å²) in [6.07, 6.45) is -0.598. The van der Waals surface area contributed by atoms with Crippen molar-refractivity contribution < 1.29 is 19.4 Å². The number of amides is 1. The van der Waals surface area contributed by atoms with Crippen LogP contribution in [0.25, 0.3) is 0 Å². The fourth-order valence-electron chi connectivity index (χ4n) is 2.19. The molecule has 128 valence electrons. The predicted octanol–water partition coefficient (Wildman–Crippen LogP) is 1.35. The van der Waals surface area contributed by atoms with E-state index in [9.17, 15) is 9.59 Å². The van der Waals surface area contributed by atoms with Gasteiger partial charge in [-0.25, -0.2) is 14.6 Å². The van der Waals surface area contributed by atoms with Gasteiger partial charge in [-0.3, -0.25) is 0 Å². The Hall–Kier alpha value is -2.87. The molecule has 24 heavy (non-hydrogen) atoms. The summed E-state index contributed by atoms with van der Waals surface area (Å²) in [6, 6.07) is 8.65. The van der Waals surface area contributed by atoms with Crippen LogP contribution in [0.2, 0.25) is 0 Å². The lowest BCUT2D eigenvalue weighted by Gasteiger charge is -2.13. The molecule has 1 aromatic carbocycles. The molecule has 0 fully saturated rings. The molecule has 0 unspecified atom stereocenters. The Bertz CT molecular complexity index is 727. The number of nitrogens with zero attached hydrogens (tertiary/aromatic N) is 2. The van der Waals surface area contributed by atoms with Crippen LogP contribution < -0.4 is 11.1 Å². The summed E-state index contributed by atoms with van der Waals surface area (Å²) in [5.41, 5.74) is 7.32. The van der Waals surface area contributed by atoms with Gasteiger partial charge in [-0.05, 0) is 12.5 Å². The maximum atomic E-state index is 11.7. The third-order valence-electron chi connectivity index (χ3n) is 3.63. The highest BCUT2D eigenvalue weighted by Gasteiger charge is 2.21. The number of nitrogens with two attached hydrogens (primary N) is 1. The first-order valence-corrected chi connectivity index (χ1v) is 7.36. The third-order valence-corrected chi connectivity index (χ3v) is 3.63. The Labute approximate surface area is 139 Å². The van der Waals surface area contributed by atoms with Crippen molar-refractivity contribution in [2.24, 2.45) is 12.8 Å². The summed E-state index contributed by atoms with van der Waals surface area (Å²) in [4.78, 5) is 26.8. The molecule has 0 aliphatic heterocycles. The van der Waals surface area contributed by atoms with Gasteiger partial charge in [0.2, 0.25) is 0 Å². The zero-order valence-corrected chi connectivity index (χ0v) is 13.5. The number of carbonyl (C=O) groups is 2. The van der Waals surface area contributed by atoms with Crippen molar-refractivity contribution in [2.75, 3.05) is 6.54 Å². The highest BCUT2D eigenvalue weighted by molar-refractivity contribution is 5.86. The van der Waals surface area contributed by atoms with Crippen LogP contribution in [0.1, 0.15) is 33.6 Å². The van der Waals surface area contributed by atoms with Crippen LogP contribution in [-0.4, -0.2) is 33.3 Å². The summed E-state index contributed by atoms with van der Waals surface area (Å²) in [5.74, 6) is -0.731. The van der Waals surface area contributed by atoms with E-state index in [1.165, 1.54) is 0 Å². The SMILES string of the molecule is Cc1c(C(=O)O)nc([C@@H](N)CNC(=O)OCc2ccccc2)n1C. The molecule has 0 bridgehead atoms. The number of rotatable bonds is 6. The second kappa shape index (κ2) is 7.60. The van der Waals surface area contributed by atoms with Gasteiger partial charge in [-0.2, -0.15) is 0 Å². The maximum absolute atomic E-state index is 11.7. The summed E-state index contributed by atoms with van der Waals surface area (Å²) in [5, 5.41) is 11.6. The molecule has 2 aromatic rings. The van der Waals surface area contributed by atoms with Crippen LogP contribution in [0.15, 0.2) is 30.3 Å². The number of hydrogen-bond acceptors (Lipinski definition) is 5.